The Kier molecular flexibility index (Phi) is 5.15. The molecule has 0 heterocycles. The summed E-state index contributed by atoms with van der Waals surface area (Å²) in [7, 11) is -4.69. The summed E-state index contributed by atoms with van der Waals surface area (Å²) in [6, 6.07) is 3.28. The first-order valence-electron chi connectivity index (χ1n) is 6.23. The molecule has 1 aromatic rings. The molecule has 0 aliphatic carbocycles. The summed E-state index contributed by atoms with van der Waals surface area (Å²) in [5.74, 6) is -1.27. The van der Waals surface area contributed by atoms with Crippen LogP contribution in [-0.4, -0.2) is 27.0 Å². The molecular formula is C14H15F3O5S. The molecule has 0 amide bonds. The van der Waals surface area contributed by atoms with Gasteiger partial charge in [-0.2, -0.15) is 21.6 Å². The van der Waals surface area contributed by atoms with Gasteiger partial charge in [0, 0.05) is 11.0 Å². The Morgan fingerprint density at radius 1 is 1.26 bits per heavy atom. The summed E-state index contributed by atoms with van der Waals surface area (Å²) in [4.78, 5) is 11.5. The zero-order valence-corrected chi connectivity index (χ0v) is 13.4. The fourth-order valence-electron chi connectivity index (χ4n) is 1.63. The van der Waals surface area contributed by atoms with E-state index in [1.165, 1.54) is 12.1 Å². The van der Waals surface area contributed by atoms with Crippen molar-refractivity contribution in [3.05, 3.63) is 42.0 Å². The summed E-state index contributed by atoms with van der Waals surface area (Å²) in [5, 5.41) is 0. The summed E-state index contributed by atoms with van der Waals surface area (Å²) < 4.78 is 68.6. The smallest absolute Gasteiger partial charge is 0.465 e. The van der Waals surface area contributed by atoms with E-state index >= 15 is 0 Å². The number of methoxy groups -OCH3 is 1. The van der Waals surface area contributed by atoms with E-state index < -0.39 is 32.8 Å². The maximum Gasteiger partial charge on any atom is 0.534 e. The molecule has 1 rings (SSSR count). The number of halogens is 3. The summed E-state index contributed by atoms with van der Waals surface area (Å²) in [5.41, 5.74) is -6.44. The molecule has 0 saturated heterocycles. The van der Waals surface area contributed by atoms with Gasteiger partial charge >= 0.3 is 21.6 Å². The van der Waals surface area contributed by atoms with Gasteiger partial charge in [0.15, 0.2) is 0 Å². The molecule has 0 fully saturated rings. The summed E-state index contributed by atoms with van der Waals surface area (Å²) >= 11 is 0. The average Bonchev–Trinajstić information content (AvgIpc) is 2.45. The topological polar surface area (TPSA) is 69.7 Å². The molecule has 0 spiro atoms. The van der Waals surface area contributed by atoms with Crippen molar-refractivity contribution in [3.8, 4) is 5.75 Å². The second-order valence-corrected chi connectivity index (χ2v) is 6.65. The van der Waals surface area contributed by atoms with Crippen LogP contribution >= 0.6 is 0 Å². The molecule has 128 valence electrons. The second kappa shape index (κ2) is 6.23. The molecule has 0 bridgehead atoms. The number of carbonyl (C=O) groups excluding carboxylic acids is 1. The second-order valence-electron chi connectivity index (χ2n) is 5.11. The lowest BCUT2D eigenvalue weighted by Crippen LogP contribution is -2.29. The third kappa shape index (κ3) is 4.04. The zero-order chi connectivity index (χ0) is 18.1. The van der Waals surface area contributed by atoms with Crippen LogP contribution in [0.15, 0.2) is 30.9 Å². The molecule has 0 radical (unpaired) electrons. The van der Waals surface area contributed by atoms with Crippen molar-refractivity contribution in [2.24, 2.45) is 0 Å². The van der Waals surface area contributed by atoms with Crippen LogP contribution in [0.25, 0.3) is 0 Å². The summed E-state index contributed by atoms with van der Waals surface area (Å²) in [6.45, 7) is 6.69. The maximum atomic E-state index is 12.5. The van der Waals surface area contributed by atoms with E-state index in [0.717, 1.165) is 19.2 Å². The maximum absolute atomic E-state index is 12.5. The van der Waals surface area contributed by atoms with Gasteiger partial charge in [0.1, 0.15) is 5.75 Å². The fourth-order valence-corrected chi connectivity index (χ4v) is 2.10. The predicted octanol–water partition coefficient (Wildman–Crippen LogP) is 3.17. The molecule has 0 saturated carbocycles. The molecule has 0 atom stereocenters. The molecule has 23 heavy (non-hydrogen) atoms. The number of hydrogen-bond donors (Lipinski definition) is 0. The molecule has 0 unspecified atom stereocenters. The lowest BCUT2D eigenvalue weighted by molar-refractivity contribution is -0.0500. The van der Waals surface area contributed by atoms with Gasteiger partial charge in [0.2, 0.25) is 0 Å². The lowest BCUT2D eigenvalue weighted by atomic mass is 9.83. The van der Waals surface area contributed by atoms with Crippen molar-refractivity contribution in [1.29, 1.82) is 0 Å². The van der Waals surface area contributed by atoms with Crippen LogP contribution in [-0.2, 0) is 20.3 Å². The van der Waals surface area contributed by atoms with Gasteiger partial charge in [-0.3, -0.25) is 0 Å². The Hall–Kier alpha value is -2.03. The normalized spacial score (nSPS) is 12.6. The van der Waals surface area contributed by atoms with E-state index in [0.29, 0.717) is 0 Å². The Labute approximate surface area is 131 Å². The van der Waals surface area contributed by atoms with Gasteiger partial charge in [0.25, 0.3) is 0 Å². The SMILES string of the molecule is C=CC(C)(C)c1cc(C(=O)OC)ccc1OS(=O)(=O)C(F)(F)F. The van der Waals surface area contributed by atoms with Gasteiger partial charge < -0.3 is 8.92 Å². The van der Waals surface area contributed by atoms with Gasteiger partial charge in [-0.05, 0) is 18.2 Å². The Bertz CT molecular complexity index is 720. The number of alkyl halides is 3. The number of esters is 1. The van der Waals surface area contributed by atoms with E-state index in [-0.39, 0.29) is 11.1 Å². The van der Waals surface area contributed by atoms with Crippen LogP contribution in [0, 0.1) is 0 Å². The van der Waals surface area contributed by atoms with Crippen LogP contribution in [0.1, 0.15) is 29.8 Å². The van der Waals surface area contributed by atoms with Crippen molar-refractivity contribution in [1.82, 2.24) is 0 Å². The van der Waals surface area contributed by atoms with Crippen LogP contribution in [0.4, 0.5) is 13.2 Å². The zero-order valence-electron chi connectivity index (χ0n) is 12.6. The Morgan fingerprint density at radius 2 is 1.83 bits per heavy atom. The standard InChI is InChI=1S/C14H15F3O5S/c1-5-13(2,3)10-8-9(12(18)21-4)6-7-11(10)22-23(19,20)14(15,16)17/h5-8H,1H2,2-4H3. The Morgan fingerprint density at radius 3 is 2.26 bits per heavy atom. The van der Waals surface area contributed by atoms with Crippen molar-refractivity contribution in [2.75, 3.05) is 7.11 Å². The molecule has 0 N–H and O–H groups in total. The van der Waals surface area contributed by atoms with Crippen molar-refractivity contribution in [3.63, 3.8) is 0 Å². The highest BCUT2D eigenvalue weighted by Gasteiger charge is 2.49. The van der Waals surface area contributed by atoms with Gasteiger partial charge in [0.05, 0.1) is 12.7 Å². The average molecular weight is 352 g/mol. The Balaban J connectivity index is 3.49. The number of allylic oxidation sites excluding steroid dienone is 1. The van der Waals surface area contributed by atoms with E-state index in [9.17, 15) is 26.4 Å². The van der Waals surface area contributed by atoms with Crippen LogP contribution in [0.2, 0.25) is 0 Å². The summed E-state index contributed by atoms with van der Waals surface area (Å²) in [6.07, 6.45) is 1.39. The highest BCUT2D eigenvalue weighted by molar-refractivity contribution is 7.88. The molecule has 0 aliphatic heterocycles. The van der Waals surface area contributed by atoms with Gasteiger partial charge in [-0.15, -0.1) is 6.58 Å². The molecule has 9 heteroatoms. The lowest BCUT2D eigenvalue weighted by Gasteiger charge is -2.24. The predicted molar refractivity (Wildman–Crippen MR) is 76.6 cm³/mol. The number of benzene rings is 1. The molecule has 0 aromatic heterocycles. The molecule has 0 aliphatic rings. The monoisotopic (exact) mass is 352 g/mol. The minimum absolute atomic E-state index is 0.0363. The third-order valence-electron chi connectivity index (χ3n) is 3.09. The highest BCUT2D eigenvalue weighted by atomic mass is 32.2. The number of rotatable bonds is 5. The highest BCUT2D eigenvalue weighted by Crippen LogP contribution is 2.36. The van der Waals surface area contributed by atoms with Crippen LogP contribution in [0.3, 0.4) is 0 Å². The quantitative estimate of drug-likeness (QED) is 0.352. The molecular weight excluding hydrogens is 337 g/mol. The fraction of sp³-hybridized carbons (Fsp3) is 0.357. The first-order chi connectivity index (χ1) is 10.4. The molecule has 1 aromatic carbocycles. The van der Waals surface area contributed by atoms with E-state index in [1.807, 2.05) is 0 Å². The van der Waals surface area contributed by atoms with Crippen molar-refractivity contribution < 1.29 is 35.3 Å². The van der Waals surface area contributed by atoms with Crippen molar-refractivity contribution in [2.45, 2.75) is 24.8 Å². The molecule has 5 nitrogen and oxygen atoms in total. The minimum Gasteiger partial charge on any atom is -0.465 e. The first kappa shape index (κ1) is 19.0. The number of ether oxygens (including phenoxy) is 1. The third-order valence-corrected chi connectivity index (χ3v) is 4.05. The minimum atomic E-state index is -5.83. The number of carbonyl (C=O) groups is 1. The van der Waals surface area contributed by atoms with Crippen molar-refractivity contribution >= 4 is 16.1 Å². The first-order valence-corrected chi connectivity index (χ1v) is 7.63. The number of hydrogen-bond acceptors (Lipinski definition) is 5. The largest absolute Gasteiger partial charge is 0.534 e. The van der Waals surface area contributed by atoms with Gasteiger partial charge in [-0.1, -0.05) is 19.9 Å². The van der Waals surface area contributed by atoms with Crippen LogP contribution in [0.5, 0.6) is 5.75 Å². The van der Waals surface area contributed by atoms with Crippen LogP contribution < -0.4 is 4.18 Å². The van der Waals surface area contributed by atoms with E-state index in [2.05, 4.69) is 15.5 Å². The van der Waals surface area contributed by atoms with E-state index in [4.69, 9.17) is 0 Å². The van der Waals surface area contributed by atoms with Gasteiger partial charge in [-0.25, -0.2) is 4.79 Å². The van der Waals surface area contributed by atoms with E-state index in [1.54, 1.807) is 13.8 Å².